The fraction of sp³-hybridized carbons (Fsp3) is 0.667. The minimum Gasteiger partial charge on any atom is -0.337 e. The summed E-state index contributed by atoms with van der Waals surface area (Å²) in [5.41, 5.74) is 0.602. The Morgan fingerprint density at radius 3 is 2.90 bits per heavy atom. The molecule has 0 atom stereocenters. The number of nitrogens with zero attached hydrogens (tertiary/aromatic N) is 2. The molecule has 0 aromatic carbocycles. The van der Waals surface area contributed by atoms with Crippen LogP contribution in [0.5, 0.6) is 0 Å². The van der Waals surface area contributed by atoms with Crippen molar-refractivity contribution in [3.8, 4) is 0 Å². The first-order chi connectivity index (χ1) is 9.37. The minimum absolute atomic E-state index is 0.0206. The third kappa shape index (κ3) is 2.57. The van der Waals surface area contributed by atoms with Gasteiger partial charge in [-0.2, -0.15) is 5.10 Å². The highest BCUT2D eigenvalue weighted by Gasteiger charge is 2.50. The largest absolute Gasteiger partial charge is 0.337 e. The van der Waals surface area contributed by atoms with Crippen molar-refractivity contribution < 1.29 is 13.2 Å². The van der Waals surface area contributed by atoms with Gasteiger partial charge in [-0.05, 0) is 30.7 Å². The normalized spacial score (nSPS) is 29.6. The molecule has 3 rings (SSSR count). The van der Waals surface area contributed by atoms with Crippen LogP contribution in [0.25, 0.3) is 0 Å². The summed E-state index contributed by atoms with van der Waals surface area (Å²) in [4.78, 5) is 14.0. The van der Waals surface area contributed by atoms with E-state index >= 15 is 0 Å². The van der Waals surface area contributed by atoms with Crippen LogP contribution in [0.2, 0.25) is 0 Å². The molecule has 1 amide bonds. The zero-order valence-electron chi connectivity index (χ0n) is 11.3. The molecule has 110 valence electrons. The van der Waals surface area contributed by atoms with E-state index in [1.54, 1.807) is 12.3 Å². The van der Waals surface area contributed by atoms with E-state index in [1.807, 2.05) is 4.90 Å². The summed E-state index contributed by atoms with van der Waals surface area (Å²) >= 11 is 0. The highest BCUT2D eigenvalue weighted by Crippen LogP contribution is 2.48. The molecule has 7 nitrogen and oxygen atoms in total. The summed E-state index contributed by atoms with van der Waals surface area (Å²) in [5, 5.41) is 6.47. The van der Waals surface area contributed by atoms with E-state index < -0.39 is 10.0 Å². The lowest BCUT2D eigenvalue weighted by Gasteiger charge is -2.45. The minimum atomic E-state index is -3.14. The van der Waals surface area contributed by atoms with Crippen LogP contribution in [0.4, 0.5) is 0 Å². The number of aromatic nitrogens is 2. The Labute approximate surface area is 117 Å². The first kappa shape index (κ1) is 13.6. The second-order valence-corrected chi connectivity index (χ2v) is 7.72. The zero-order chi connectivity index (χ0) is 14.4. The number of rotatable bonds is 3. The first-order valence-corrected chi connectivity index (χ1v) is 8.52. The van der Waals surface area contributed by atoms with Gasteiger partial charge in [0.15, 0.2) is 0 Å². The fourth-order valence-electron chi connectivity index (χ4n) is 3.36. The summed E-state index contributed by atoms with van der Waals surface area (Å²) in [6, 6.07) is 1.69. The summed E-state index contributed by atoms with van der Waals surface area (Å²) in [7, 11) is -3.14. The molecule has 2 aliphatic rings. The van der Waals surface area contributed by atoms with Crippen molar-refractivity contribution >= 4 is 15.9 Å². The average Bonchev–Trinajstić information content (AvgIpc) is 2.93. The molecule has 2 heterocycles. The van der Waals surface area contributed by atoms with Gasteiger partial charge in [-0.15, -0.1) is 0 Å². The smallest absolute Gasteiger partial charge is 0.271 e. The Hall–Kier alpha value is -1.41. The second kappa shape index (κ2) is 4.56. The first-order valence-electron chi connectivity index (χ1n) is 6.63. The Morgan fingerprint density at radius 1 is 1.55 bits per heavy atom. The summed E-state index contributed by atoms with van der Waals surface area (Å²) in [6.07, 6.45) is 5.31. The predicted octanol–water partition coefficient (Wildman–Crippen LogP) is -0.0464. The number of carbonyl (C=O) groups is 1. The molecule has 1 saturated heterocycles. The third-order valence-corrected chi connectivity index (χ3v) is 4.96. The van der Waals surface area contributed by atoms with Crippen LogP contribution in [0.1, 0.15) is 29.8 Å². The molecule has 0 radical (unpaired) electrons. The van der Waals surface area contributed by atoms with Crippen LogP contribution in [-0.2, 0) is 10.0 Å². The van der Waals surface area contributed by atoms with Gasteiger partial charge in [0.05, 0.1) is 6.26 Å². The van der Waals surface area contributed by atoms with E-state index in [1.165, 1.54) is 6.26 Å². The van der Waals surface area contributed by atoms with Crippen LogP contribution in [0, 0.1) is 5.41 Å². The number of hydrogen-bond donors (Lipinski definition) is 2. The van der Waals surface area contributed by atoms with Crippen molar-refractivity contribution in [3.05, 3.63) is 18.0 Å². The van der Waals surface area contributed by atoms with E-state index in [4.69, 9.17) is 0 Å². The maximum Gasteiger partial charge on any atom is 0.271 e. The van der Waals surface area contributed by atoms with Gasteiger partial charge < -0.3 is 4.90 Å². The second-order valence-electron chi connectivity index (χ2n) is 5.94. The topological polar surface area (TPSA) is 95.2 Å². The molecule has 0 unspecified atom stereocenters. The van der Waals surface area contributed by atoms with Crippen LogP contribution < -0.4 is 4.72 Å². The van der Waals surface area contributed by atoms with Gasteiger partial charge >= 0.3 is 0 Å². The van der Waals surface area contributed by atoms with Crippen molar-refractivity contribution in [1.82, 2.24) is 19.8 Å². The molecular weight excluding hydrogens is 280 g/mol. The molecule has 1 aromatic rings. The quantitative estimate of drug-likeness (QED) is 0.818. The number of hydrogen-bond acceptors (Lipinski definition) is 4. The van der Waals surface area contributed by atoms with Gasteiger partial charge in [-0.1, -0.05) is 0 Å². The van der Waals surface area contributed by atoms with Gasteiger partial charge in [-0.3, -0.25) is 9.89 Å². The van der Waals surface area contributed by atoms with E-state index in [0.29, 0.717) is 12.2 Å². The van der Waals surface area contributed by atoms with Crippen molar-refractivity contribution in [1.29, 1.82) is 0 Å². The van der Waals surface area contributed by atoms with Crippen molar-refractivity contribution in [3.63, 3.8) is 0 Å². The van der Waals surface area contributed by atoms with E-state index in [0.717, 1.165) is 25.8 Å². The van der Waals surface area contributed by atoms with Crippen LogP contribution in [0.3, 0.4) is 0 Å². The lowest BCUT2D eigenvalue weighted by Crippen LogP contribution is -2.51. The molecule has 1 spiro atoms. The molecule has 1 aliphatic heterocycles. The number of amides is 1. The molecule has 8 heteroatoms. The number of likely N-dealkylation sites (tertiary alicyclic amines) is 1. The Morgan fingerprint density at radius 2 is 2.30 bits per heavy atom. The molecular formula is C12H18N4O3S. The number of sulfonamides is 1. The summed E-state index contributed by atoms with van der Waals surface area (Å²) in [6.45, 7) is 1.43. The lowest BCUT2D eigenvalue weighted by atomic mass is 9.65. The molecule has 1 aromatic heterocycles. The van der Waals surface area contributed by atoms with Crippen molar-refractivity contribution in [2.24, 2.45) is 5.41 Å². The van der Waals surface area contributed by atoms with Crippen LogP contribution in [0.15, 0.2) is 12.3 Å². The SMILES string of the molecule is CS(=O)(=O)NC1CC2(CCN(C(=O)c3ccn[nH]3)C2)C1. The monoisotopic (exact) mass is 298 g/mol. The number of aromatic amines is 1. The summed E-state index contributed by atoms with van der Waals surface area (Å²) < 4.78 is 25.0. The van der Waals surface area contributed by atoms with E-state index in [9.17, 15) is 13.2 Å². The molecule has 1 saturated carbocycles. The maximum atomic E-state index is 12.2. The van der Waals surface area contributed by atoms with Gasteiger partial charge in [-0.25, -0.2) is 13.1 Å². The fourth-order valence-corrected chi connectivity index (χ4v) is 4.13. The van der Waals surface area contributed by atoms with Gasteiger partial charge in [0, 0.05) is 25.3 Å². The van der Waals surface area contributed by atoms with Gasteiger partial charge in [0.25, 0.3) is 5.91 Å². The predicted molar refractivity (Wildman–Crippen MR) is 72.5 cm³/mol. The lowest BCUT2D eigenvalue weighted by molar-refractivity contribution is 0.0683. The zero-order valence-corrected chi connectivity index (χ0v) is 12.1. The van der Waals surface area contributed by atoms with Gasteiger partial charge in [0.2, 0.25) is 10.0 Å². The number of carbonyl (C=O) groups excluding carboxylic acids is 1. The van der Waals surface area contributed by atoms with Crippen molar-refractivity contribution in [2.75, 3.05) is 19.3 Å². The Bertz CT molecular complexity index is 605. The molecule has 0 bridgehead atoms. The molecule has 1 aliphatic carbocycles. The summed E-state index contributed by atoms with van der Waals surface area (Å²) in [5.74, 6) is -0.0288. The van der Waals surface area contributed by atoms with Crippen LogP contribution in [-0.4, -0.2) is 54.8 Å². The van der Waals surface area contributed by atoms with Crippen molar-refractivity contribution in [2.45, 2.75) is 25.3 Å². The van der Waals surface area contributed by atoms with Crippen LogP contribution >= 0.6 is 0 Å². The molecule has 20 heavy (non-hydrogen) atoms. The number of H-pyrrole nitrogens is 1. The highest BCUT2D eigenvalue weighted by atomic mass is 32.2. The average molecular weight is 298 g/mol. The molecule has 2 fully saturated rings. The van der Waals surface area contributed by atoms with E-state index in [2.05, 4.69) is 14.9 Å². The van der Waals surface area contributed by atoms with E-state index in [-0.39, 0.29) is 17.4 Å². The number of nitrogens with one attached hydrogen (secondary N) is 2. The van der Waals surface area contributed by atoms with Gasteiger partial charge in [0.1, 0.15) is 5.69 Å². The molecule has 2 N–H and O–H groups in total. The highest BCUT2D eigenvalue weighted by molar-refractivity contribution is 7.88. The third-order valence-electron chi connectivity index (χ3n) is 4.20. The standard InChI is InChI=1S/C12H18N4O3S/c1-20(18,19)15-9-6-12(7-9)3-5-16(8-12)11(17)10-2-4-13-14-10/h2,4,9,15H,3,5-8H2,1H3,(H,13,14). The maximum absolute atomic E-state index is 12.2. The Balaban J connectivity index is 1.58. The Kier molecular flexibility index (Phi) is 3.09.